The van der Waals surface area contributed by atoms with Gasteiger partial charge in [0.1, 0.15) is 6.54 Å². The van der Waals surface area contributed by atoms with Crippen LogP contribution in [-0.4, -0.2) is 19.8 Å². The Morgan fingerprint density at radius 3 is 3.15 bits per heavy atom. The molecule has 5 heteroatoms. The van der Waals surface area contributed by atoms with Gasteiger partial charge >= 0.3 is 0 Å². The number of aryl methyl sites for hydroxylation is 2. The van der Waals surface area contributed by atoms with Crippen LogP contribution in [0.1, 0.15) is 61.6 Å². The van der Waals surface area contributed by atoms with Crippen molar-refractivity contribution in [2.75, 3.05) is 0 Å². The van der Waals surface area contributed by atoms with Gasteiger partial charge in [0.2, 0.25) is 5.89 Å². The molecule has 2 aromatic heterocycles. The fourth-order valence-electron chi connectivity index (χ4n) is 2.82. The van der Waals surface area contributed by atoms with Crippen LogP contribution in [0.15, 0.2) is 16.9 Å². The van der Waals surface area contributed by atoms with Crippen LogP contribution in [0.5, 0.6) is 0 Å². The zero-order valence-electron chi connectivity index (χ0n) is 11.9. The summed E-state index contributed by atoms with van der Waals surface area (Å²) in [6.07, 6.45) is 9.82. The molecule has 1 N–H and O–H groups in total. The molecular weight excluding hydrogens is 254 g/mol. The van der Waals surface area contributed by atoms with E-state index in [1.54, 1.807) is 0 Å². The van der Waals surface area contributed by atoms with Crippen LogP contribution in [0.4, 0.5) is 0 Å². The molecule has 0 saturated heterocycles. The molecule has 0 aromatic carbocycles. The standard InChI is InChI=1S/C15H21N3O2/c1-2-5-14-16-15(20-17-14)10-18-8-11-6-3-4-7-13(19)12(11)9-18/h8-9,13,19H,2-7,10H2,1H3. The Kier molecular flexibility index (Phi) is 3.87. The Morgan fingerprint density at radius 2 is 2.30 bits per heavy atom. The molecular formula is C15H21N3O2. The van der Waals surface area contributed by atoms with Crippen molar-refractivity contribution in [1.29, 1.82) is 0 Å². The van der Waals surface area contributed by atoms with Gasteiger partial charge in [-0.3, -0.25) is 0 Å². The molecule has 1 unspecified atom stereocenters. The van der Waals surface area contributed by atoms with Crippen molar-refractivity contribution in [3.05, 3.63) is 35.2 Å². The Bertz CT molecular complexity index is 573. The molecule has 2 heterocycles. The van der Waals surface area contributed by atoms with Crippen molar-refractivity contribution in [3.63, 3.8) is 0 Å². The number of aliphatic hydroxyl groups is 1. The van der Waals surface area contributed by atoms with Crippen molar-refractivity contribution >= 4 is 0 Å². The van der Waals surface area contributed by atoms with Crippen LogP contribution in [-0.2, 0) is 19.4 Å². The molecule has 3 rings (SSSR count). The number of fused-ring (bicyclic) bond motifs is 1. The summed E-state index contributed by atoms with van der Waals surface area (Å²) in [5, 5.41) is 14.1. The number of aliphatic hydroxyl groups excluding tert-OH is 1. The summed E-state index contributed by atoms with van der Waals surface area (Å²) < 4.78 is 7.30. The predicted octanol–water partition coefficient (Wildman–Crippen LogP) is 2.63. The van der Waals surface area contributed by atoms with Crippen LogP contribution < -0.4 is 0 Å². The molecule has 1 atom stereocenters. The highest BCUT2D eigenvalue weighted by Crippen LogP contribution is 2.29. The van der Waals surface area contributed by atoms with E-state index >= 15 is 0 Å². The normalized spacial score (nSPS) is 18.8. The zero-order chi connectivity index (χ0) is 13.9. The third-order valence-electron chi connectivity index (χ3n) is 3.83. The van der Waals surface area contributed by atoms with E-state index in [1.807, 2.05) is 10.8 Å². The Morgan fingerprint density at radius 1 is 1.40 bits per heavy atom. The fraction of sp³-hybridized carbons (Fsp3) is 0.600. The van der Waals surface area contributed by atoms with Gasteiger partial charge in [-0.1, -0.05) is 18.5 Å². The molecule has 2 aromatic rings. The summed E-state index contributed by atoms with van der Waals surface area (Å²) in [7, 11) is 0. The summed E-state index contributed by atoms with van der Waals surface area (Å²) in [4.78, 5) is 4.38. The summed E-state index contributed by atoms with van der Waals surface area (Å²) in [5.41, 5.74) is 2.32. The highest BCUT2D eigenvalue weighted by molar-refractivity contribution is 5.28. The van der Waals surface area contributed by atoms with E-state index in [-0.39, 0.29) is 6.10 Å². The molecule has 0 bridgehead atoms. The van der Waals surface area contributed by atoms with Gasteiger partial charge in [-0.2, -0.15) is 4.98 Å². The van der Waals surface area contributed by atoms with Gasteiger partial charge < -0.3 is 14.2 Å². The zero-order valence-corrected chi connectivity index (χ0v) is 11.9. The lowest BCUT2D eigenvalue weighted by Crippen LogP contribution is -1.99. The van der Waals surface area contributed by atoms with Crippen molar-refractivity contribution in [2.24, 2.45) is 0 Å². The third kappa shape index (κ3) is 2.77. The number of nitrogens with zero attached hydrogens (tertiary/aromatic N) is 3. The Balaban J connectivity index is 1.76. The number of aromatic nitrogens is 3. The average Bonchev–Trinajstić information content (AvgIpc) is 2.99. The smallest absolute Gasteiger partial charge is 0.246 e. The molecule has 1 aliphatic rings. The molecule has 1 aliphatic carbocycles. The first-order valence-corrected chi connectivity index (χ1v) is 7.44. The van der Waals surface area contributed by atoms with E-state index in [2.05, 4.69) is 23.3 Å². The first kappa shape index (κ1) is 13.4. The van der Waals surface area contributed by atoms with Crippen LogP contribution >= 0.6 is 0 Å². The minimum absolute atomic E-state index is 0.327. The van der Waals surface area contributed by atoms with E-state index < -0.39 is 0 Å². The minimum atomic E-state index is -0.327. The number of rotatable bonds is 4. The van der Waals surface area contributed by atoms with E-state index in [1.165, 1.54) is 5.56 Å². The second kappa shape index (κ2) is 5.79. The summed E-state index contributed by atoms with van der Waals surface area (Å²) >= 11 is 0. The topological polar surface area (TPSA) is 64.1 Å². The highest BCUT2D eigenvalue weighted by Gasteiger charge is 2.19. The van der Waals surface area contributed by atoms with E-state index in [9.17, 15) is 5.11 Å². The highest BCUT2D eigenvalue weighted by atomic mass is 16.5. The lowest BCUT2D eigenvalue weighted by molar-refractivity contribution is 0.166. The van der Waals surface area contributed by atoms with Gasteiger partial charge in [0.05, 0.1) is 6.10 Å². The van der Waals surface area contributed by atoms with Crippen LogP contribution in [0.25, 0.3) is 0 Å². The second-order valence-electron chi connectivity index (χ2n) is 5.53. The van der Waals surface area contributed by atoms with Gasteiger partial charge in [-0.25, -0.2) is 0 Å². The summed E-state index contributed by atoms with van der Waals surface area (Å²) in [5.74, 6) is 1.41. The van der Waals surface area contributed by atoms with E-state index in [4.69, 9.17) is 4.52 Å². The molecule has 0 saturated carbocycles. The molecule has 0 radical (unpaired) electrons. The lowest BCUT2D eigenvalue weighted by Gasteiger charge is -2.05. The maximum atomic E-state index is 10.1. The van der Waals surface area contributed by atoms with Crippen LogP contribution in [0, 0.1) is 0 Å². The largest absolute Gasteiger partial charge is 0.388 e. The monoisotopic (exact) mass is 275 g/mol. The maximum Gasteiger partial charge on any atom is 0.246 e. The van der Waals surface area contributed by atoms with Gasteiger partial charge in [0.25, 0.3) is 0 Å². The van der Waals surface area contributed by atoms with E-state index in [0.29, 0.717) is 12.4 Å². The average molecular weight is 275 g/mol. The third-order valence-corrected chi connectivity index (χ3v) is 3.83. The van der Waals surface area contributed by atoms with Gasteiger partial charge in [-0.05, 0) is 31.2 Å². The van der Waals surface area contributed by atoms with Gasteiger partial charge in [0, 0.05) is 24.4 Å². The summed E-state index contributed by atoms with van der Waals surface area (Å²) in [6, 6.07) is 0. The summed E-state index contributed by atoms with van der Waals surface area (Å²) in [6.45, 7) is 2.68. The SMILES string of the molecule is CCCc1noc(Cn2cc3c(c2)C(O)CCCC3)n1. The van der Waals surface area contributed by atoms with Gasteiger partial charge in [-0.15, -0.1) is 0 Å². The van der Waals surface area contributed by atoms with Gasteiger partial charge in [0.15, 0.2) is 5.82 Å². The number of hydrogen-bond donors (Lipinski definition) is 1. The lowest BCUT2D eigenvalue weighted by atomic mass is 10.1. The molecule has 0 fully saturated rings. The Hall–Kier alpha value is -1.62. The quantitative estimate of drug-likeness (QED) is 0.871. The maximum absolute atomic E-state index is 10.1. The first-order valence-electron chi connectivity index (χ1n) is 7.44. The molecule has 0 amide bonds. The molecule has 0 spiro atoms. The van der Waals surface area contributed by atoms with Crippen LogP contribution in [0.2, 0.25) is 0 Å². The van der Waals surface area contributed by atoms with Crippen molar-refractivity contribution in [3.8, 4) is 0 Å². The predicted molar refractivity (Wildman–Crippen MR) is 74.3 cm³/mol. The number of hydrogen-bond acceptors (Lipinski definition) is 4. The Labute approximate surface area is 118 Å². The van der Waals surface area contributed by atoms with Crippen molar-refractivity contribution in [2.45, 2.75) is 58.1 Å². The molecule has 0 aliphatic heterocycles. The van der Waals surface area contributed by atoms with Crippen molar-refractivity contribution < 1.29 is 9.63 Å². The molecule has 20 heavy (non-hydrogen) atoms. The molecule has 108 valence electrons. The second-order valence-corrected chi connectivity index (χ2v) is 5.53. The van der Waals surface area contributed by atoms with E-state index in [0.717, 1.165) is 49.9 Å². The minimum Gasteiger partial charge on any atom is -0.388 e. The fourth-order valence-corrected chi connectivity index (χ4v) is 2.82. The van der Waals surface area contributed by atoms with Crippen molar-refractivity contribution in [1.82, 2.24) is 14.7 Å². The first-order chi connectivity index (χ1) is 9.76. The van der Waals surface area contributed by atoms with Crippen LogP contribution in [0.3, 0.4) is 0 Å². The molecule has 5 nitrogen and oxygen atoms in total.